The van der Waals surface area contributed by atoms with Crippen LogP contribution in [0.15, 0.2) is 18.2 Å². The number of carbonyl (C=O) groups excluding carboxylic acids is 2. The van der Waals surface area contributed by atoms with Crippen LogP contribution in [0.2, 0.25) is 0 Å². The largest absolute Gasteiger partial charge is 0.398 e. The smallest absolute Gasteiger partial charge is 0.238 e. The van der Waals surface area contributed by atoms with Crippen LogP contribution in [-0.4, -0.2) is 55.3 Å². The summed E-state index contributed by atoms with van der Waals surface area (Å²) in [5.74, 6) is -0.184. The minimum atomic E-state index is -0.161. The van der Waals surface area contributed by atoms with Gasteiger partial charge in [0.05, 0.1) is 13.1 Å². The summed E-state index contributed by atoms with van der Waals surface area (Å²) in [7, 11) is 3.40. The molecule has 6 nitrogen and oxygen atoms in total. The summed E-state index contributed by atoms with van der Waals surface area (Å²) >= 11 is 0. The molecule has 0 saturated carbocycles. The number of amides is 2. The summed E-state index contributed by atoms with van der Waals surface area (Å²) in [5, 5.41) is 2.79. The first-order valence-electron chi connectivity index (χ1n) is 6.92. The molecule has 0 saturated heterocycles. The highest BCUT2D eigenvalue weighted by Crippen LogP contribution is 2.16. The maximum absolute atomic E-state index is 12.0. The van der Waals surface area contributed by atoms with E-state index in [4.69, 9.17) is 5.73 Å². The highest BCUT2D eigenvalue weighted by molar-refractivity contribution is 5.93. The van der Waals surface area contributed by atoms with E-state index in [1.807, 2.05) is 26.0 Å². The van der Waals surface area contributed by atoms with Gasteiger partial charge in [-0.15, -0.1) is 0 Å². The molecule has 2 amide bonds. The molecular weight excluding hydrogens is 268 g/mol. The summed E-state index contributed by atoms with van der Waals surface area (Å²) in [6.07, 6.45) is 0. The molecule has 0 aliphatic rings. The van der Waals surface area contributed by atoms with Crippen molar-refractivity contribution in [3.8, 4) is 0 Å². The zero-order valence-electron chi connectivity index (χ0n) is 13.1. The fourth-order valence-corrected chi connectivity index (χ4v) is 1.73. The minimum absolute atomic E-state index is 0.0239. The SMILES string of the molecule is CCN(CC(=O)Nc1ccc(C)c(N)c1)CC(=O)N(C)C. The van der Waals surface area contributed by atoms with Gasteiger partial charge in [-0.2, -0.15) is 0 Å². The average Bonchev–Trinajstić information content (AvgIpc) is 2.41. The minimum Gasteiger partial charge on any atom is -0.398 e. The molecule has 116 valence electrons. The Balaban J connectivity index is 2.58. The second-order valence-electron chi connectivity index (χ2n) is 5.21. The van der Waals surface area contributed by atoms with E-state index in [0.29, 0.717) is 17.9 Å². The molecule has 0 spiro atoms. The standard InChI is InChI=1S/C15H24N4O2/c1-5-19(10-15(21)18(3)4)9-14(20)17-12-7-6-11(2)13(16)8-12/h6-8H,5,9-10,16H2,1-4H3,(H,17,20). The fraction of sp³-hybridized carbons (Fsp3) is 0.467. The summed E-state index contributed by atoms with van der Waals surface area (Å²) in [4.78, 5) is 27.0. The van der Waals surface area contributed by atoms with Gasteiger partial charge < -0.3 is 16.0 Å². The number of likely N-dealkylation sites (N-methyl/N-ethyl adjacent to an activating group) is 2. The predicted octanol–water partition coefficient (Wildman–Crippen LogP) is 0.926. The molecule has 1 rings (SSSR count). The van der Waals surface area contributed by atoms with Gasteiger partial charge in [0.2, 0.25) is 11.8 Å². The quantitative estimate of drug-likeness (QED) is 0.764. The van der Waals surface area contributed by atoms with Gasteiger partial charge in [0.1, 0.15) is 0 Å². The van der Waals surface area contributed by atoms with Gasteiger partial charge in [-0.1, -0.05) is 13.0 Å². The predicted molar refractivity (Wildman–Crippen MR) is 85.0 cm³/mol. The van der Waals surface area contributed by atoms with Gasteiger partial charge in [-0.3, -0.25) is 14.5 Å². The Hall–Kier alpha value is -2.08. The first-order chi connectivity index (χ1) is 9.83. The number of hydrogen-bond donors (Lipinski definition) is 2. The molecule has 0 unspecified atom stereocenters. The Morgan fingerprint density at radius 2 is 1.90 bits per heavy atom. The third-order valence-corrected chi connectivity index (χ3v) is 3.24. The van der Waals surface area contributed by atoms with Crippen molar-refractivity contribution in [2.24, 2.45) is 0 Å². The van der Waals surface area contributed by atoms with Crippen LogP contribution in [-0.2, 0) is 9.59 Å². The van der Waals surface area contributed by atoms with E-state index in [0.717, 1.165) is 5.56 Å². The topological polar surface area (TPSA) is 78.7 Å². The number of nitrogens with zero attached hydrogens (tertiary/aromatic N) is 2. The summed E-state index contributed by atoms with van der Waals surface area (Å²) in [5.41, 5.74) is 8.09. The molecule has 6 heteroatoms. The first-order valence-corrected chi connectivity index (χ1v) is 6.92. The highest BCUT2D eigenvalue weighted by atomic mass is 16.2. The molecule has 1 aromatic rings. The average molecular weight is 292 g/mol. The van der Waals surface area contributed by atoms with Crippen molar-refractivity contribution in [3.63, 3.8) is 0 Å². The van der Waals surface area contributed by atoms with Crippen molar-refractivity contribution in [1.29, 1.82) is 0 Å². The van der Waals surface area contributed by atoms with E-state index in [2.05, 4.69) is 5.32 Å². The van der Waals surface area contributed by atoms with Crippen molar-refractivity contribution in [2.45, 2.75) is 13.8 Å². The number of hydrogen-bond acceptors (Lipinski definition) is 4. The van der Waals surface area contributed by atoms with E-state index < -0.39 is 0 Å². The number of aryl methyl sites for hydroxylation is 1. The maximum Gasteiger partial charge on any atom is 0.238 e. The molecule has 21 heavy (non-hydrogen) atoms. The lowest BCUT2D eigenvalue weighted by Crippen LogP contribution is -2.40. The van der Waals surface area contributed by atoms with Crippen LogP contribution in [0.5, 0.6) is 0 Å². The molecule has 0 aliphatic carbocycles. The van der Waals surface area contributed by atoms with Gasteiger partial charge in [0, 0.05) is 25.5 Å². The Kier molecular flexibility index (Phi) is 6.17. The van der Waals surface area contributed by atoms with Crippen molar-refractivity contribution in [3.05, 3.63) is 23.8 Å². The molecule has 0 heterocycles. The number of nitrogen functional groups attached to an aromatic ring is 1. The Morgan fingerprint density at radius 1 is 1.24 bits per heavy atom. The lowest BCUT2D eigenvalue weighted by molar-refractivity contribution is -0.130. The first kappa shape index (κ1) is 17.0. The monoisotopic (exact) mass is 292 g/mol. The second-order valence-corrected chi connectivity index (χ2v) is 5.21. The lowest BCUT2D eigenvalue weighted by Gasteiger charge is -2.21. The molecule has 0 fully saturated rings. The number of carbonyl (C=O) groups is 2. The van der Waals surface area contributed by atoms with Crippen LogP contribution < -0.4 is 11.1 Å². The summed E-state index contributed by atoms with van der Waals surface area (Å²) < 4.78 is 0. The van der Waals surface area contributed by atoms with Crippen molar-refractivity contribution in [1.82, 2.24) is 9.80 Å². The van der Waals surface area contributed by atoms with E-state index in [-0.39, 0.29) is 24.9 Å². The van der Waals surface area contributed by atoms with Gasteiger partial charge in [0.15, 0.2) is 0 Å². The van der Waals surface area contributed by atoms with E-state index in [1.54, 1.807) is 25.1 Å². The molecule has 0 atom stereocenters. The number of nitrogens with two attached hydrogens (primary N) is 1. The molecule has 0 aromatic heterocycles. The molecular formula is C15H24N4O2. The van der Waals surface area contributed by atoms with Gasteiger partial charge in [-0.25, -0.2) is 0 Å². The number of nitrogens with one attached hydrogen (secondary N) is 1. The van der Waals surface area contributed by atoms with E-state index in [9.17, 15) is 9.59 Å². The van der Waals surface area contributed by atoms with Gasteiger partial charge in [0.25, 0.3) is 0 Å². The second kappa shape index (κ2) is 7.64. The number of anilines is 2. The van der Waals surface area contributed by atoms with E-state index >= 15 is 0 Å². The van der Waals surface area contributed by atoms with Crippen molar-refractivity contribution in [2.75, 3.05) is 44.8 Å². The lowest BCUT2D eigenvalue weighted by atomic mass is 10.2. The molecule has 3 N–H and O–H groups in total. The van der Waals surface area contributed by atoms with Crippen molar-refractivity contribution >= 4 is 23.2 Å². The van der Waals surface area contributed by atoms with Crippen LogP contribution in [0.4, 0.5) is 11.4 Å². The zero-order chi connectivity index (χ0) is 16.0. The van der Waals surface area contributed by atoms with Crippen LogP contribution >= 0.6 is 0 Å². The Labute approximate surface area is 125 Å². The van der Waals surface area contributed by atoms with Crippen LogP contribution in [0.25, 0.3) is 0 Å². The Bertz CT molecular complexity index is 514. The zero-order valence-corrected chi connectivity index (χ0v) is 13.1. The molecule has 0 bridgehead atoms. The number of benzene rings is 1. The fourth-order valence-electron chi connectivity index (χ4n) is 1.73. The van der Waals surface area contributed by atoms with Crippen LogP contribution in [0, 0.1) is 6.92 Å². The van der Waals surface area contributed by atoms with Crippen molar-refractivity contribution < 1.29 is 9.59 Å². The third kappa shape index (κ3) is 5.43. The normalized spacial score (nSPS) is 10.5. The third-order valence-electron chi connectivity index (χ3n) is 3.24. The molecule has 0 radical (unpaired) electrons. The Morgan fingerprint density at radius 3 is 2.43 bits per heavy atom. The molecule has 0 aliphatic heterocycles. The summed E-state index contributed by atoms with van der Waals surface area (Å²) in [6, 6.07) is 5.40. The maximum atomic E-state index is 12.0. The molecule has 1 aromatic carbocycles. The van der Waals surface area contributed by atoms with Gasteiger partial charge in [-0.05, 0) is 31.2 Å². The highest BCUT2D eigenvalue weighted by Gasteiger charge is 2.14. The summed E-state index contributed by atoms with van der Waals surface area (Å²) in [6.45, 7) is 4.85. The van der Waals surface area contributed by atoms with Crippen LogP contribution in [0.1, 0.15) is 12.5 Å². The number of rotatable bonds is 6. The van der Waals surface area contributed by atoms with Crippen LogP contribution in [0.3, 0.4) is 0 Å². The van der Waals surface area contributed by atoms with Gasteiger partial charge >= 0.3 is 0 Å². The van der Waals surface area contributed by atoms with E-state index in [1.165, 1.54) is 4.90 Å².